The first-order valence-corrected chi connectivity index (χ1v) is 6.65. The Balaban J connectivity index is 0. The second kappa shape index (κ2) is 12.1. The van der Waals surface area contributed by atoms with E-state index in [2.05, 4.69) is 11.1 Å². The van der Waals surface area contributed by atoms with Crippen molar-refractivity contribution in [3.8, 4) is 0 Å². The third-order valence-electron chi connectivity index (χ3n) is 1.90. The molecule has 0 bridgehead atoms. The van der Waals surface area contributed by atoms with E-state index in [1.54, 1.807) is 0 Å². The predicted octanol–water partition coefficient (Wildman–Crippen LogP) is -0.616. The van der Waals surface area contributed by atoms with E-state index < -0.39 is 10.4 Å². The van der Waals surface area contributed by atoms with Gasteiger partial charge in [0.25, 0.3) is 0 Å². The molecule has 0 unspecified atom stereocenters. The molecule has 0 rings (SSSR count). The van der Waals surface area contributed by atoms with Crippen LogP contribution in [0.25, 0.3) is 0 Å². The Morgan fingerprint density at radius 2 is 1.75 bits per heavy atom. The summed E-state index contributed by atoms with van der Waals surface area (Å²) in [6, 6.07) is 0. The van der Waals surface area contributed by atoms with Crippen LogP contribution in [0.5, 0.6) is 0 Å². The second-order valence-corrected chi connectivity index (χ2v) is 4.39. The van der Waals surface area contributed by atoms with Crippen LogP contribution >= 0.6 is 0 Å². The van der Waals surface area contributed by atoms with Gasteiger partial charge in [-0.15, -0.1) is 0 Å². The maximum absolute atomic E-state index is 10.0. The first-order chi connectivity index (χ1) is 7.06. The van der Waals surface area contributed by atoms with Gasteiger partial charge < -0.3 is 4.55 Å². The van der Waals surface area contributed by atoms with Crippen molar-refractivity contribution in [3.63, 3.8) is 0 Å². The number of allylic oxidation sites excluding steroid dienone is 1. The van der Waals surface area contributed by atoms with E-state index in [1.807, 2.05) is 12.2 Å². The zero-order valence-corrected chi connectivity index (χ0v) is 13.0. The summed E-state index contributed by atoms with van der Waals surface area (Å²) in [7, 11) is -4.51. The second-order valence-electron chi connectivity index (χ2n) is 3.34. The number of hydrogen-bond donors (Lipinski definition) is 0. The summed E-state index contributed by atoms with van der Waals surface area (Å²) in [5, 5.41) is 0. The van der Waals surface area contributed by atoms with Crippen molar-refractivity contribution in [1.29, 1.82) is 0 Å². The van der Waals surface area contributed by atoms with Gasteiger partial charge in [0.15, 0.2) is 0 Å². The molecule has 0 N–H and O–H groups in total. The van der Waals surface area contributed by atoms with Crippen molar-refractivity contribution in [2.24, 2.45) is 0 Å². The first-order valence-electron chi connectivity index (χ1n) is 5.31. The molecule has 0 aliphatic rings. The van der Waals surface area contributed by atoms with E-state index in [4.69, 9.17) is 0 Å². The smallest absolute Gasteiger partial charge is 0.726 e. The van der Waals surface area contributed by atoms with Gasteiger partial charge in [-0.1, -0.05) is 38.3 Å². The molecule has 90 valence electrons. The van der Waals surface area contributed by atoms with Crippen LogP contribution < -0.4 is 29.6 Å². The monoisotopic (exact) mass is 258 g/mol. The normalized spacial score (nSPS) is 11.6. The standard InChI is InChI=1S/C10H20O4S.Na/c1-2-3-4-5-6-7-8-9-10-14-15(11,12)13;/h7-8H,2-6,9-10H2,1H3,(H,11,12,13);/q;+1/p-1/b8-7-;. The fourth-order valence-corrected chi connectivity index (χ4v) is 1.44. The molecule has 6 heteroatoms. The van der Waals surface area contributed by atoms with Gasteiger partial charge in [0, 0.05) is 0 Å². The zero-order chi connectivity index (χ0) is 11.6. The van der Waals surface area contributed by atoms with Gasteiger partial charge in [0.1, 0.15) is 0 Å². The molecule has 0 amide bonds. The third kappa shape index (κ3) is 17.0. The molecule has 0 aromatic heterocycles. The summed E-state index contributed by atoms with van der Waals surface area (Å²) < 4.78 is 34.1. The number of unbranched alkanes of at least 4 members (excludes halogenated alkanes) is 4. The van der Waals surface area contributed by atoms with Gasteiger partial charge in [-0.3, -0.25) is 4.18 Å². The third-order valence-corrected chi connectivity index (χ3v) is 2.36. The molecule has 0 aromatic carbocycles. The van der Waals surface area contributed by atoms with Gasteiger partial charge in [-0.25, -0.2) is 8.42 Å². The van der Waals surface area contributed by atoms with E-state index in [0.29, 0.717) is 6.42 Å². The first kappa shape index (κ1) is 19.0. The minimum atomic E-state index is -4.51. The van der Waals surface area contributed by atoms with E-state index in [0.717, 1.165) is 12.8 Å². The average molecular weight is 258 g/mol. The van der Waals surface area contributed by atoms with Gasteiger partial charge in [0.05, 0.1) is 6.61 Å². The zero-order valence-electron chi connectivity index (χ0n) is 10.1. The predicted molar refractivity (Wildman–Crippen MR) is 58.2 cm³/mol. The quantitative estimate of drug-likeness (QED) is 0.182. The Labute approximate surface area is 121 Å². The minimum Gasteiger partial charge on any atom is -0.726 e. The molecule has 0 fully saturated rings. The SMILES string of the molecule is CCCCCC/C=C\CCOS(=O)(=O)[O-].[Na+]. The number of rotatable bonds is 9. The van der Waals surface area contributed by atoms with Crippen molar-refractivity contribution in [2.45, 2.75) is 45.4 Å². The Morgan fingerprint density at radius 3 is 2.31 bits per heavy atom. The number of hydrogen-bond acceptors (Lipinski definition) is 4. The van der Waals surface area contributed by atoms with Gasteiger partial charge in [-0.2, -0.15) is 0 Å². The van der Waals surface area contributed by atoms with Crippen LogP contribution in [-0.2, 0) is 14.6 Å². The van der Waals surface area contributed by atoms with Crippen LogP contribution in [0.3, 0.4) is 0 Å². The average Bonchev–Trinajstić information content (AvgIpc) is 2.14. The molecule has 0 aromatic rings. The maximum atomic E-state index is 10.0. The topological polar surface area (TPSA) is 66.4 Å². The fourth-order valence-electron chi connectivity index (χ4n) is 1.14. The summed E-state index contributed by atoms with van der Waals surface area (Å²) in [5.41, 5.74) is 0. The Kier molecular flexibility index (Phi) is 14.3. The van der Waals surface area contributed by atoms with Crippen molar-refractivity contribution in [1.82, 2.24) is 0 Å². The van der Waals surface area contributed by atoms with E-state index in [-0.39, 0.29) is 36.2 Å². The van der Waals surface area contributed by atoms with Crippen LogP contribution in [0.2, 0.25) is 0 Å². The Hall–Kier alpha value is 0.610. The van der Waals surface area contributed by atoms with Gasteiger partial charge in [-0.05, 0) is 19.3 Å². The van der Waals surface area contributed by atoms with Crippen LogP contribution in [0, 0.1) is 0 Å². The molecular formula is C10H19NaO4S. The van der Waals surface area contributed by atoms with E-state index in [1.165, 1.54) is 19.3 Å². The summed E-state index contributed by atoms with van der Waals surface area (Å²) in [6.07, 6.45) is 10.2. The molecule has 0 saturated carbocycles. The molecule has 4 nitrogen and oxygen atoms in total. The Morgan fingerprint density at radius 1 is 1.12 bits per heavy atom. The summed E-state index contributed by atoms with van der Waals surface area (Å²) in [6.45, 7) is 2.10. The summed E-state index contributed by atoms with van der Waals surface area (Å²) in [5.74, 6) is 0. The molecule has 0 aliphatic carbocycles. The van der Waals surface area contributed by atoms with Gasteiger partial charge >= 0.3 is 29.6 Å². The molecule has 0 spiro atoms. The molecular weight excluding hydrogens is 239 g/mol. The molecule has 0 saturated heterocycles. The van der Waals surface area contributed by atoms with Crippen LogP contribution in [0.1, 0.15) is 45.4 Å². The Bertz CT molecular complexity index is 262. The molecule has 0 radical (unpaired) electrons. The van der Waals surface area contributed by atoms with Gasteiger partial charge in [0.2, 0.25) is 10.4 Å². The summed E-state index contributed by atoms with van der Waals surface area (Å²) in [4.78, 5) is 0. The molecule has 0 aliphatic heterocycles. The van der Waals surface area contributed by atoms with E-state index >= 15 is 0 Å². The van der Waals surface area contributed by atoms with Crippen LogP contribution in [-0.4, -0.2) is 19.6 Å². The van der Waals surface area contributed by atoms with Crippen molar-refractivity contribution >= 4 is 10.4 Å². The van der Waals surface area contributed by atoms with Crippen LogP contribution in [0.15, 0.2) is 12.2 Å². The van der Waals surface area contributed by atoms with Crippen molar-refractivity contribution in [2.75, 3.05) is 6.61 Å². The van der Waals surface area contributed by atoms with Crippen LogP contribution in [0.4, 0.5) is 0 Å². The van der Waals surface area contributed by atoms with Crippen molar-refractivity contribution < 1.29 is 46.7 Å². The summed E-state index contributed by atoms with van der Waals surface area (Å²) >= 11 is 0. The molecule has 0 atom stereocenters. The fraction of sp³-hybridized carbons (Fsp3) is 0.800. The molecule has 0 heterocycles. The minimum absolute atomic E-state index is 0. The molecule has 16 heavy (non-hydrogen) atoms. The van der Waals surface area contributed by atoms with Crippen molar-refractivity contribution in [3.05, 3.63) is 12.2 Å². The largest absolute Gasteiger partial charge is 1.00 e. The maximum Gasteiger partial charge on any atom is 1.00 e. The van der Waals surface area contributed by atoms with E-state index in [9.17, 15) is 13.0 Å².